The van der Waals surface area contributed by atoms with Crippen molar-refractivity contribution in [3.63, 3.8) is 0 Å². The van der Waals surface area contributed by atoms with Crippen LogP contribution in [0.3, 0.4) is 0 Å². The van der Waals surface area contributed by atoms with Crippen LogP contribution >= 0.6 is 0 Å². The van der Waals surface area contributed by atoms with E-state index in [9.17, 15) is 9.59 Å². The Morgan fingerprint density at radius 3 is 2.40 bits per heavy atom. The van der Waals surface area contributed by atoms with Crippen LogP contribution in [-0.2, 0) is 22.6 Å². The van der Waals surface area contributed by atoms with Gasteiger partial charge < -0.3 is 16.2 Å². The fraction of sp³-hybridized carbons (Fsp3) is 0.467. The molecule has 2 unspecified atom stereocenters. The summed E-state index contributed by atoms with van der Waals surface area (Å²) in [6.45, 7) is 4.07. The van der Waals surface area contributed by atoms with E-state index in [4.69, 9.17) is 10.8 Å². The number of carbonyl (C=O) groups excluding carboxylic acids is 1. The molecule has 0 aliphatic rings. The predicted molar refractivity (Wildman–Crippen MR) is 77.1 cm³/mol. The van der Waals surface area contributed by atoms with E-state index in [1.54, 1.807) is 0 Å². The molecule has 0 aliphatic carbocycles. The van der Waals surface area contributed by atoms with E-state index < -0.39 is 12.0 Å². The van der Waals surface area contributed by atoms with E-state index >= 15 is 0 Å². The quantitative estimate of drug-likeness (QED) is 0.701. The van der Waals surface area contributed by atoms with Crippen LogP contribution in [0.1, 0.15) is 31.4 Å². The number of carboxylic acids is 1. The first kappa shape index (κ1) is 16.2. The van der Waals surface area contributed by atoms with E-state index in [2.05, 4.69) is 5.32 Å². The monoisotopic (exact) mass is 278 g/mol. The molecule has 1 aromatic rings. The van der Waals surface area contributed by atoms with Crippen molar-refractivity contribution < 1.29 is 14.7 Å². The molecular weight excluding hydrogens is 256 g/mol. The number of carboxylic acid groups (broad SMARTS) is 1. The number of amides is 1. The molecular formula is C15H22N2O3. The molecule has 1 rings (SSSR count). The Hall–Kier alpha value is -1.88. The fourth-order valence-corrected chi connectivity index (χ4v) is 2.01. The summed E-state index contributed by atoms with van der Waals surface area (Å²) < 4.78 is 0. The summed E-state index contributed by atoms with van der Waals surface area (Å²) in [5, 5.41) is 11.7. The molecule has 0 bridgehead atoms. The minimum absolute atomic E-state index is 0.110. The minimum Gasteiger partial charge on any atom is -0.480 e. The van der Waals surface area contributed by atoms with Crippen molar-refractivity contribution in [2.24, 2.45) is 11.7 Å². The van der Waals surface area contributed by atoms with Crippen LogP contribution in [0.5, 0.6) is 0 Å². The van der Waals surface area contributed by atoms with Gasteiger partial charge in [0.25, 0.3) is 0 Å². The normalized spacial score (nSPS) is 13.6. The Morgan fingerprint density at radius 1 is 1.30 bits per heavy atom. The lowest BCUT2D eigenvalue weighted by atomic mass is 9.98. The van der Waals surface area contributed by atoms with Crippen LogP contribution < -0.4 is 11.1 Å². The van der Waals surface area contributed by atoms with E-state index in [-0.39, 0.29) is 18.2 Å². The highest BCUT2D eigenvalue weighted by molar-refractivity contribution is 5.85. The molecule has 5 heteroatoms. The van der Waals surface area contributed by atoms with Gasteiger partial charge in [0.1, 0.15) is 6.04 Å². The van der Waals surface area contributed by atoms with Gasteiger partial charge in [0.15, 0.2) is 0 Å². The SMILES string of the molecule is CCC(C)C(NC(=O)Cc1ccccc1CN)C(=O)O. The molecule has 0 radical (unpaired) electrons. The summed E-state index contributed by atoms with van der Waals surface area (Å²) in [5.41, 5.74) is 7.35. The van der Waals surface area contributed by atoms with Crippen molar-refractivity contribution in [3.8, 4) is 0 Å². The summed E-state index contributed by atoms with van der Waals surface area (Å²) in [7, 11) is 0. The van der Waals surface area contributed by atoms with Gasteiger partial charge in [-0.05, 0) is 17.0 Å². The summed E-state index contributed by atoms with van der Waals surface area (Å²) >= 11 is 0. The second kappa shape index (κ2) is 7.65. The molecule has 5 nitrogen and oxygen atoms in total. The van der Waals surface area contributed by atoms with Gasteiger partial charge in [-0.2, -0.15) is 0 Å². The average molecular weight is 278 g/mol. The van der Waals surface area contributed by atoms with Crippen LogP contribution in [0, 0.1) is 5.92 Å². The number of hydrogen-bond acceptors (Lipinski definition) is 3. The average Bonchev–Trinajstić information content (AvgIpc) is 2.44. The van der Waals surface area contributed by atoms with Crippen molar-refractivity contribution in [1.29, 1.82) is 0 Å². The molecule has 110 valence electrons. The first-order valence-electron chi connectivity index (χ1n) is 6.78. The number of hydrogen-bond donors (Lipinski definition) is 3. The highest BCUT2D eigenvalue weighted by Crippen LogP contribution is 2.11. The zero-order valence-corrected chi connectivity index (χ0v) is 11.9. The molecule has 4 N–H and O–H groups in total. The third-order valence-corrected chi connectivity index (χ3v) is 3.48. The summed E-state index contributed by atoms with van der Waals surface area (Å²) in [6, 6.07) is 6.55. The second-order valence-electron chi connectivity index (χ2n) is 4.92. The number of nitrogens with two attached hydrogens (primary N) is 1. The zero-order valence-electron chi connectivity index (χ0n) is 11.9. The Balaban J connectivity index is 2.73. The smallest absolute Gasteiger partial charge is 0.326 e. The molecule has 0 heterocycles. The molecule has 1 amide bonds. The van der Waals surface area contributed by atoms with E-state index in [0.29, 0.717) is 13.0 Å². The van der Waals surface area contributed by atoms with E-state index in [1.807, 2.05) is 38.1 Å². The van der Waals surface area contributed by atoms with Gasteiger partial charge >= 0.3 is 5.97 Å². The molecule has 0 aromatic heterocycles. The van der Waals surface area contributed by atoms with Gasteiger partial charge in [0.05, 0.1) is 6.42 Å². The molecule has 2 atom stereocenters. The van der Waals surface area contributed by atoms with Crippen LogP contribution in [0.25, 0.3) is 0 Å². The highest BCUT2D eigenvalue weighted by Gasteiger charge is 2.25. The number of nitrogens with one attached hydrogen (secondary N) is 1. The maximum Gasteiger partial charge on any atom is 0.326 e. The van der Waals surface area contributed by atoms with Gasteiger partial charge in [-0.25, -0.2) is 4.79 Å². The van der Waals surface area contributed by atoms with Crippen LogP contribution in [0.15, 0.2) is 24.3 Å². The van der Waals surface area contributed by atoms with Crippen LogP contribution in [0.4, 0.5) is 0 Å². The highest BCUT2D eigenvalue weighted by atomic mass is 16.4. The number of rotatable bonds is 7. The Kier molecular flexibility index (Phi) is 6.18. The first-order chi connectivity index (χ1) is 9.49. The Bertz CT molecular complexity index is 474. The topological polar surface area (TPSA) is 92.4 Å². The lowest BCUT2D eigenvalue weighted by Gasteiger charge is -2.20. The van der Waals surface area contributed by atoms with E-state index in [0.717, 1.165) is 11.1 Å². The van der Waals surface area contributed by atoms with Crippen LogP contribution in [0.2, 0.25) is 0 Å². The van der Waals surface area contributed by atoms with Gasteiger partial charge in [-0.1, -0.05) is 44.5 Å². The van der Waals surface area contributed by atoms with Gasteiger partial charge in [-0.3, -0.25) is 4.79 Å². The Labute approximate surface area is 119 Å². The second-order valence-corrected chi connectivity index (χ2v) is 4.92. The maximum absolute atomic E-state index is 12.0. The van der Waals surface area contributed by atoms with Crippen molar-refractivity contribution in [2.45, 2.75) is 39.3 Å². The predicted octanol–water partition coefficient (Wildman–Crippen LogP) is 1.30. The molecule has 0 saturated heterocycles. The first-order valence-corrected chi connectivity index (χ1v) is 6.78. The molecule has 20 heavy (non-hydrogen) atoms. The number of benzene rings is 1. The van der Waals surface area contributed by atoms with Gasteiger partial charge in [-0.15, -0.1) is 0 Å². The molecule has 0 spiro atoms. The van der Waals surface area contributed by atoms with E-state index in [1.165, 1.54) is 0 Å². The largest absolute Gasteiger partial charge is 0.480 e. The summed E-state index contributed by atoms with van der Waals surface area (Å²) in [5.74, 6) is -1.40. The lowest BCUT2D eigenvalue weighted by molar-refractivity contribution is -0.143. The summed E-state index contributed by atoms with van der Waals surface area (Å²) in [4.78, 5) is 23.2. The molecule has 0 aliphatic heterocycles. The van der Waals surface area contributed by atoms with Crippen LogP contribution in [-0.4, -0.2) is 23.0 Å². The molecule has 1 aromatic carbocycles. The van der Waals surface area contributed by atoms with Gasteiger partial charge in [0, 0.05) is 6.54 Å². The number of aliphatic carboxylic acids is 1. The fourth-order valence-electron chi connectivity index (χ4n) is 2.01. The molecule has 0 fully saturated rings. The van der Waals surface area contributed by atoms with Crippen molar-refractivity contribution in [1.82, 2.24) is 5.32 Å². The molecule has 0 saturated carbocycles. The van der Waals surface area contributed by atoms with Crippen molar-refractivity contribution >= 4 is 11.9 Å². The summed E-state index contributed by atoms with van der Waals surface area (Å²) in [6.07, 6.45) is 0.838. The third-order valence-electron chi connectivity index (χ3n) is 3.48. The third kappa shape index (κ3) is 4.35. The standard InChI is InChI=1S/C15H22N2O3/c1-3-10(2)14(15(19)20)17-13(18)8-11-6-4-5-7-12(11)9-16/h4-7,10,14H,3,8-9,16H2,1-2H3,(H,17,18)(H,19,20). The van der Waals surface area contributed by atoms with Crippen molar-refractivity contribution in [2.75, 3.05) is 0 Å². The Morgan fingerprint density at radius 2 is 1.90 bits per heavy atom. The minimum atomic E-state index is -1.00. The maximum atomic E-state index is 12.0. The number of carbonyl (C=O) groups is 2. The van der Waals surface area contributed by atoms with Crippen molar-refractivity contribution in [3.05, 3.63) is 35.4 Å². The van der Waals surface area contributed by atoms with Gasteiger partial charge in [0.2, 0.25) is 5.91 Å². The zero-order chi connectivity index (χ0) is 15.1. The lowest BCUT2D eigenvalue weighted by Crippen LogP contribution is -2.45.